The lowest BCUT2D eigenvalue weighted by Gasteiger charge is -2.13. The van der Waals surface area contributed by atoms with E-state index in [0.29, 0.717) is 13.0 Å². The van der Waals surface area contributed by atoms with Crippen molar-refractivity contribution in [3.63, 3.8) is 0 Å². The maximum Gasteiger partial charge on any atom is 0.220 e. The summed E-state index contributed by atoms with van der Waals surface area (Å²) in [5, 5.41) is 4.37. The number of thiophene rings is 1. The van der Waals surface area contributed by atoms with Gasteiger partial charge in [-0.1, -0.05) is 6.92 Å². The number of amides is 1. The Balaban J connectivity index is 1.89. The van der Waals surface area contributed by atoms with Gasteiger partial charge >= 0.3 is 0 Å². The molecule has 2 aromatic rings. The first-order valence-corrected chi connectivity index (χ1v) is 8.64. The molecule has 3 nitrogen and oxygen atoms in total. The van der Waals surface area contributed by atoms with Gasteiger partial charge in [-0.15, -0.1) is 11.3 Å². The van der Waals surface area contributed by atoms with Crippen molar-refractivity contribution in [1.82, 2.24) is 9.88 Å². The zero-order chi connectivity index (χ0) is 14.7. The summed E-state index contributed by atoms with van der Waals surface area (Å²) >= 11 is 1.90. The monoisotopic (exact) mass is 302 g/mol. The van der Waals surface area contributed by atoms with Crippen molar-refractivity contribution in [2.24, 2.45) is 0 Å². The first-order valence-electron chi connectivity index (χ1n) is 7.83. The molecular weight excluding hydrogens is 280 g/mol. The number of aromatic nitrogens is 1. The fourth-order valence-corrected chi connectivity index (χ4v) is 4.35. The second-order valence-electron chi connectivity index (χ2n) is 5.61. The van der Waals surface area contributed by atoms with E-state index in [1.54, 1.807) is 0 Å². The Bertz CT molecular complexity index is 613. The maximum absolute atomic E-state index is 11.8. The minimum Gasteiger partial charge on any atom is -0.352 e. The summed E-state index contributed by atoms with van der Waals surface area (Å²) in [6.45, 7) is 2.70. The van der Waals surface area contributed by atoms with E-state index < -0.39 is 0 Å². The molecular formula is C17H22N2OS. The molecule has 21 heavy (non-hydrogen) atoms. The summed E-state index contributed by atoms with van der Waals surface area (Å²) in [4.78, 5) is 13.3. The summed E-state index contributed by atoms with van der Waals surface area (Å²) < 4.78 is 2.18. The van der Waals surface area contributed by atoms with Crippen LogP contribution >= 0.6 is 11.3 Å². The fourth-order valence-electron chi connectivity index (χ4n) is 2.98. The van der Waals surface area contributed by atoms with Crippen molar-refractivity contribution in [1.29, 1.82) is 0 Å². The van der Waals surface area contributed by atoms with Crippen LogP contribution in [-0.4, -0.2) is 10.5 Å². The lowest BCUT2D eigenvalue weighted by Crippen LogP contribution is -2.23. The third-order valence-corrected chi connectivity index (χ3v) is 5.39. The smallest absolute Gasteiger partial charge is 0.220 e. The number of rotatable bonds is 5. The standard InChI is InChI=1S/C17H22N2OS/c1-2-7-16(20)18-12-14-13-8-3-4-9-15(13)21-17(14)19-10-5-6-11-19/h5-6,10-11H,2-4,7-9,12H2,1H3,(H,18,20). The highest BCUT2D eigenvalue weighted by molar-refractivity contribution is 7.14. The quantitative estimate of drug-likeness (QED) is 0.894. The summed E-state index contributed by atoms with van der Waals surface area (Å²) in [7, 11) is 0. The Kier molecular flexibility index (Phi) is 4.44. The first-order chi connectivity index (χ1) is 10.3. The second kappa shape index (κ2) is 6.48. The highest BCUT2D eigenvalue weighted by Gasteiger charge is 2.21. The van der Waals surface area contributed by atoms with Crippen molar-refractivity contribution >= 4 is 17.2 Å². The number of hydrogen-bond acceptors (Lipinski definition) is 2. The van der Waals surface area contributed by atoms with E-state index in [1.165, 1.54) is 40.3 Å². The van der Waals surface area contributed by atoms with Crippen LogP contribution in [0.4, 0.5) is 0 Å². The number of carbonyl (C=O) groups excluding carboxylic acids is 1. The van der Waals surface area contributed by atoms with Gasteiger partial charge in [-0.3, -0.25) is 4.79 Å². The molecule has 0 unspecified atom stereocenters. The maximum atomic E-state index is 11.8. The van der Waals surface area contributed by atoms with Crippen LogP contribution in [0.25, 0.3) is 5.00 Å². The van der Waals surface area contributed by atoms with Crippen molar-refractivity contribution in [3.05, 3.63) is 40.5 Å². The van der Waals surface area contributed by atoms with Crippen molar-refractivity contribution in [2.45, 2.75) is 52.0 Å². The Morgan fingerprint density at radius 2 is 2.05 bits per heavy atom. The SMILES string of the molecule is CCCC(=O)NCc1c(-n2cccc2)sc2c1CCCC2. The van der Waals surface area contributed by atoms with E-state index in [4.69, 9.17) is 0 Å². The predicted octanol–water partition coefficient (Wildman–Crippen LogP) is 3.83. The van der Waals surface area contributed by atoms with Crippen LogP contribution in [0.1, 0.15) is 48.6 Å². The zero-order valence-corrected chi connectivity index (χ0v) is 13.3. The third kappa shape index (κ3) is 3.05. The molecule has 2 aromatic heterocycles. The first kappa shape index (κ1) is 14.4. The van der Waals surface area contributed by atoms with Crippen LogP contribution in [0.3, 0.4) is 0 Å². The summed E-state index contributed by atoms with van der Waals surface area (Å²) in [5.74, 6) is 0.159. The van der Waals surface area contributed by atoms with Gasteiger partial charge in [-0.2, -0.15) is 0 Å². The normalized spacial score (nSPS) is 14.0. The van der Waals surface area contributed by atoms with E-state index >= 15 is 0 Å². The van der Waals surface area contributed by atoms with E-state index in [2.05, 4.69) is 34.4 Å². The topological polar surface area (TPSA) is 34.0 Å². The molecule has 0 aliphatic heterocycles. The van der Waals surface area contributed by atoms with E-state index in [9.17, 15) is 4.79 Å². The van der Waals surface area contributed by atoms with Crippen LogP contribution in [0, 0.1) is 0 Å². The second-order valence-corrected chi connectivity index (χ2v) is 6.70. The van der Waals surface area contributed by atoms with Crippen molar-refractivity contribution < 1.29 is 4.79 Å². The third-order valence-electron chi connectivity index (χ3n) is 4.04. The van der Waals surface area contributed by atoms with Gasteiger partial charge in [0, 0.05) is 35.8 Å². The number of carbonyl (C=O) groups is 1. The van der Waals surface area contributed by atoms with Crippen LogP contribution in [0.15, 0.2) is 24.5 Å². The minimum atomic E-state index is 0.159. The molecule has 0 bridgehead atoms. The number of nitrogens with one attached hydrogen (secondary N) is 1. The molecule has 4 heteroatoms. The molecule has 2 heterocycles. The lowest BCUT2D eigenvalue weighted by molar-refractivity contribution is -0.121. The molecule has 0 atom stereocenters. The molecule has 1 N–H and O–H groups in total. The highest BCUT2D eigenvalue weighted by Crippen LogP contribution is 2.36. The van der Waals surface area contributed by atoms with Crippen LogP contribution < -0.4 is 5.32 Å². The van der Waals surface area contributed by atoms with Crippen molar-refractivity contribution in [3.8, 4) is 5.00 Å². The van der Waals surface area contributed by atoms with Crippen LogP contribution in [-0.2, 0) is 24.2 Å². The molecule has 0 fully saturated rings. The fraction of sp³-hybridized carbons (Fsp3) is 0.471. The van der Waals surface area contributed by atoms with E-state index in [1.807, 2.05) is 18.3 Å². The number of aryl methyl sites for hydroxylation is 1. The summed E-state index contributed by atoms with van der Waals surface area (Å²) in [6, 6.07) is 4.11. The number of nitrogens with zero attached hydrogens (tertiary/aromatic N) is 1. The van der Waals surface area contributed by atoms with Gasteiger partial charge in [0.25, 0.3) is 0 Å². The lowest BCUT2D eigenvalue weighted by atomic mass is 9.95. The van der Waals surface area contributed by atoms with Gasteiger partial charge in [0.15, 0.2) is 0 Å². The summed E-state index contributed by atoms with van der Waals surface area (Å²) in [6.07, 6.45) is 10.6. The highest BCUT2D eigenvalue weighted by atomic mass is 32.1. The molecule has 1 aliphatic carbocycles. The van der Waals surface area contributed by atoms with Crippen molar-refractivity contribution in [2.75, 3.05) is 0 Å². The van der Waals surface area contributed by atoms with Gasteiger partial charge in [0.05, 0.1) is 0 Å². The Labute approximate surface area is 130 Å². The van der Waals surface area contributed by atoms with Gasteiger partial charge in [-0.05, 0) is 49.8 Å². The minimum absolute atomic E-state index is 0.159. The predicted molar refractivity (Wildman–Crippen MR) is 87.0 cm³/mol. The van der Waals surface area contributed by atoms with Gasteiger partial charge < -0.3 is 9.88 Å². The van der Waals surface area contributed by atoms with Crippen LogP contribution in [0.2, 0.25) is 0 Å². The van der Waals surface area contributed by atoms with Gasteiger partial charge in [-0.25, -0.2) is 0 Å². The Morgan fingerprint density at radius 3 is 2.81 bits per heavy atom. The van der Waals surface area contributed by atoms with E-state index in [0.717, 1.165) is 12.8 Å². The summed E-state index contributed by atoms with van der Waals surface area (Å²) in [5.41, 5.74) is 2.82. The molecule has 0 aromatic carbocycles. The number of hydrogen-bond donors (Lipinski definition) is 1. The largest absolute Gasteiger partial charge is 0.352 e. The molecule has 0 saturated carbocycles. The van der Waals surface area contributed by atoms with Gasteiger partial charge in [0.2, 0.25) is 5.91 Å². The molecule has 3 rings (SSSR count). The molecule has 0 saturated heterocycles. The van der Waals surface area contributed by atoms with Gasteiger partial charge in [0.1, 0.15) is 5.00 Å². The molecule has 0 spiro atoms. The zero-order valence-electron chi connectivity index (χ0n) is 12.5. The van der Waals surface area contributed by atoms with Crippen LogP contribution in [0.5, 0.6) is 0 Å². The molecule has 112 valence electrons. The molecule has 1 aliphatic rings. The average molecular weight is 302 g/mol. The Morgan fingerprint density at radius 1 is 1.29 bits per heavy atom. The number of fused-ring (bicyclic) bond motifs is 1. The average Bonchev–Trinajstić information content (AvgIpc) is 3.13. The Hall–Kier alpha value is -1.55. The van der Waals surface area contributed by atoms with E-state index in [-0.39, 0.29) is 5.91 Å². The molecule has 1 amide bonds. The molecule has 0 radical (unpaired) electrons.